The number of anilines is 1. The molecular weight excluding hydrogens is 477 g/mol. The number of carbonyl (C=O) groups is 1. The van der Waals surface area contributed by atoms with Crippen LogP contribution in [0.5, 0.6) is 11.5 Å². The topological polar surface area (TPSA) is 121 Å². The fourth-order valence-corrected chi connectivity index (χ4v) is 5.08. The van der Waals surface area contributed by atoms with E-state index < -0.39 is 21.3 Å². The highest BCUT2D eigenvalue weighted by Gasteiger charge is 2.51. The lowest BCUT2D eigenvalue weighted by Crippen LogP contribution is -2.29. The maximum atomic E-state index is 13.2. The third-order valence-electron chi connectivity index (χ3n) is 6.67. The van der Waals surface area contributed by atoms with Crippen LogP contribution in [0.2, 0.25) is 5.82 Å². The standard InChI is InChI=1S/C26H32BN3O5S/c1-25(2,3)23-12-16-11-19(6-7-20(16)30(23)15-18(27)14-28-36(4,34)35)29-24(33)26(9-10-26)17-5-8-21(31)22(32)13-17/h5-8,11-13,18,28,31-32H,9-10,14-15H2,1-4H3,(H,29,33). The third-order valence-corrected chi connectivity index (χ3v) is 7.36. The highest BCUT2D eigenvalue weighted by Crippen LogP contribution is 2.50. The Hall–Kier alpha value is -2.98. The summed E-state index contributed by atoms with van der Waals surface area (Å²) < 4.78 is 27.5. The lowest BCUT2D eigenvalue weighted by molar-refractivity contribution is -0.118. The largest absolute Gasteiger partial charge is 0.504 e. The van der Waals surface area contributed by atoms with Crippen LogP contribution < -0.4 is 10.0 Å². The van der Waals surface area contributed by atoms with Crippen molar-refractivity contribution in [3.05, 3.63) is 53.7 Å². The van der Waals surface area contributed by atoms with Crippen molar-refractivity contribution < 1.29 is 23.4 Å². The second-order valence-corrected chi connectivity index (χ2v) is 12.6. The lowest BCUT2D eigenvalue weighted by atomic mass is 9.86. The molecule has 1 atom stereocenters. The number of hydrogen-bond donors (Lipinski definition) is 4. The van der Waals surface area contributed by atoms with E-state index >= 15 is 0 Å². The van der Waals surface area contributed by atoms with Gasteiger partial charge >= 0.3 is 0 Å². The number of hydrogen-bond acceptors (Lipinski definition) is 5. The summed E-state index contributed by atoms with van der Waals surface area (Å²) in [7, 11) is 2.93. The number of nitrogens with one attached hydrogen (secondary N) is 2. The van der Waals surface area contributed by atoms with Gasteiger partial charge in [-0.25, -0.2) is 13.1 Å². The summed E-state index contributed by atoms with van der Waals surface area (Å²) in [6.07, 6.45) is 2.43. The van der Waals surface area contributed by atoms with Crippen LogP contribution in [0.25, 0.3) is 10.9 Å². The zero-order valence-electron chi connectivity index (χ0n) is 21.0. The van der Waals surface area contributed by atoms with Crippen LogP contribution >= 0.6 is 0 Å². The number of fused-ring (bicyclic) bond motifs is 1. The number of rotatable bonds is 8. The monoisotopic (exact) mass is 509 g/mol. The summed E-state index contributed by atoms with van der Waals surface area (Å²) in [5, 5.41) is 23.5. The maximum Gasteiger partial charge on any atom is 0.235 e. The Kier molecular flexibility index (Phi) is 6.64. The first-order valence-corrected chi connectivity index (χ1v) is 13.8. The average molecular weight is 509 g/mol. The van der Waals surface area contributed by atoms with Crippen LogP contribution in [-0.2, 0) is 32.2 Å². The molecule has 8 nitrogen and oxygen atoms in total. The Bertz CT molecular complexity index is 1420. The van der Waals surface area contributed by atoms with E-state index in [1.165, 1.54) is 12.1 Å². The molecule has 1 heterocycles. The van der Waals surface area contributed by atoms with E-state index in [0.717, 1.165) is 22.9 Å². The predicted molar refractivity (Wildman–Crippen MR) is 142 cm³/mol. The second-order valence-electron chi connectivity index (χ2n) is 10.8. The van der Waals surface area contributed by atoms with Gasteiger partial charge in [0.15, 0.2) is 11.5 Å². The van der Waals surface area contributed by atoms with E-state index in [-0.39, 0.29) is 29.4 Å². The molecule has 1 aromatic heterocycles. The van der Waals surface area contributed by atoms with Gasteiger partial charge in [-0.05, 0) is 60.6 Å². The maximum absolute atomic E-state index is 13.2. The van der Waals surface area contributed by atoms with Crippen molar-refractivity contribution in [1.82, 2.24) is 9.29 Å². The molecule has 2 radical (unpaired) electrons. The van der Waals surface area contributed by atoms with E-state index in [2.05, 4.69) is 41.4 Å². The number of sulfonamides is 1. The van der Waals surface area contributed by atoms with Gasteiger partial charge in [-0.3, -0.25) is 4.79 Å². The Morgan fingerprint density at radius 2 is 1.81 bits per heavy atom. The normalized spacial score (nSPS) is 16.1. The lowest BCUT2D eigenvalue weighted by Gasteiger charge is -2.24. The molecule has 190 valence electrons. The first-order valence-electron chi connectivity index (χ1n) is 11.9. The molecule has 0 spiro atoms. The van der Waals surface area contributed by atoms with Gasteiger partial charge in [-0.1, -0.05) is 26.8 Å². The van der Waals surface area contributed by atoms with Crippen molar-refractivity contribution in [2.24, 2.45) is 0 Å². The minimum absolute atomic E-state index is 0.130. The van der Waals surface area contributed by atoms with E-state index in [1.807, 2.05) is 18.2 Å². The molecule has 4 rings (SSSR count). The predicted octanol–water partition coefficient (Wildman–Crippen LogP) is 3.53. The molecule has 10 heteroatoms. The Balaban J connectivity index is 1.60. The van der Waals surface area contributed by atoms with Gasteiger partial charge < -0.3 is 20.1 Å². The molecule has 0 aliphatic heterocycles. The third kappa shape index (κ3) is 5.39. The molecule has 1 aliphatic carbocycles. The number of carbonyl (C=O) groups excluding carboxylic acids is 1. The summed E-state index contributed by atoms with van der Waals surface area (Å²) >= 11 is 0. The molecule has 1 fully saturated rings. The van der Waals surface area contributed by atoms with Crippen LogP contribution in [0.3, 0.4) is 0 Å². The van der Waals surface area contributed by atoms with Gasteiger partial charge in [0.25, 0.3) is 0 Å². The van der Waals surface area contributed by atoms with Gasteiger partial charge in [0.05, 0.1) is 19.5 Å². The first-order chi connectivity index (χ1) is 16.7. The molecule has 0 saturated heterocycles. The Morgan fingerprint density at radius 3 is 2.39 bits per heavy atom. The fourth-order valence-electron chi connectivity index (χ4n) is 4.57. The summed E-state index contributed by atoms with van der Waals surface area (Å²) in [5.74, 6) is -1.04. The van der Waals surface area contributed by atoms with Crippen molar-refractivity contribution >= 4 is 40.4 Å². The summed E-state index contributed by atoms with van der Waals surface area (Å²) in [4.78, 5) is 13.2. The number of nitrogens with zero attached hydrogens (tertiary/aromatic N) is 1. The van der Waals surface area contributed by atoms with Crippen LogP contribution in [-0.4, -0.2) is 49.8 Å². The SMILES string of the molecule is [B]C(CNS(C)(=O)=O)Cn1c(C(C)(C)C)cc2cc(NC(=O)C3(c4ccc(O)c(O)c4)CC3)ccc21. The number of benzene rings is 2. The van der Waals surface area contributed by atoms with Crippen molar-refractivity contribution in [3.63, 3.8) is 0 Å². The van der Waals surface area contributed by atoms with E-state index in [4.69, 9.17) is 7.85 Å². The molecule has 1 amide bonds. The average Bonchev–Trinajstić information content (AvgIpc) is 3.51. The minimum atomic E-state index is -3.33. The highest BCUT2D eigenvalue weighted by atomic mass is 32.2. The van der Waals surface area contributed by atoms with Crippen LogP contribution in [0.4, 0.5) is 5.69 Å². The second kappa shape index (κ2) is 9.16. The summed E-state index contributed by atoms with van der Waals surface area (Å²) in [5.41, 5.74) is 2.41. The molecule has 2 aromatic carbocycles. The molecule has 4 N–H and O–H groups in total. The number of amides is 1. The summed E-state index contributed by atoms with van der Waals surface area (Å²) in [6.45, 7) is 6.86. The van der Waals surface area contributed by atoms with Crippen molar-refractivity contribution in [2.45, 2.75) is 56.8 Å². The smallest absolute Gasteiger partial charge is 0.235 e. The number of aromatic hydroxyl groups is 2. The molecule has 1 aliphatic rings. The minimum Gasteiger partial charge on any atom is -0.504 e. The molecule has 36 heavy (non-hydrogen) atoms. The van der Waals surface area contributed by atoms with E-state index in [0.29, 0.717) is 30.6 Å². The number of phenols is 2. The van der Waals surface area contributed by atoms with Crippen molar-refractivity contribution in [1.29, 1.82) is 0 Å². The Morgan fingerprint density at radius 1 is 1.11 bits per heavy atom. The van der Waals surface area contributed by atoms with Gasteiger partial charge in [0, 0.05) is 40.8 Å². The van der Waals surface area contributed by atoms with Gasteiger partial charge in [-0.2, -0.15) is 0 Å². The highest BCUT2D eigenvalue weighted by molar-refractivity contribution is 7.88. The van der Waals surface area contributed by atoms with E-state index in [9.17, 15) is 23.4 Å². The molecule has 3 aromatic rings. The summed E-state index contributed by atoms with van der Waals surface area (Å²) in [6, 6.07) is 12.3. The Labute approximate surface area is 213 Å². The quantitative estimate of drug-likeness (QED) is 0.274. The zero-order chi connectivity index (χ0) is 26.5. The van der Waals surface area contributed by atoms with Crippen molar-refractivity contribution in [3.8, 4) is 11.5 Å². The number of phenolic OH excluding ortho intramolecular Hbond substituents is 2. The molecule has 1 unspecified atom stereocenters. The van der Waals surface area contributed by atoms with Crippen LogP contribution in [0.1, 0.15) is 44.9 Å². The molecule has 0 bridgehead atoms. The first kappa shape index (κ1) is 26.1. The van der Waals surface area contributed by atoms with Gasteiger partial charge in [0.1, 0.15) is 0 Å². The van der Waals surface area contributed by atoms with Crippen molar-refractivity contribution in [2.75, 3.05) is 18.1 Å². The number of aromatic nitrogens is 1. The van der Waals surface area contributed by atoms with Gasteiger partial charge in [-0.15, -0.1) is 0 Å². The molecular formula is C26H32BN3O5S. The zero-order valence-corrected chi connectivity index (χ0v) is 21.8. The van der Waals surface area contributed by atoms with Crippen LogP contribution in [0.15, 0.2) is 42.5 Å². The van der Waals surface area contributed by atoms with Crippen LogP contribution in [0, 0.1) is 0 Å². The molecule has 1 saturated carbocycles. The fraction of sp³-hybridized carbons (Fsp3) is 0.423. The van der Waals surface area contributed by atoms with Gasteiger partial charge in [0.2, 0.25) is 15.9 Å². The van der Waals surface area contributed by atoms with E-state index in [1.54, 1.807) is 6.07 Å².